The first kappa shape index (κ1) is 21.9. The summed E-state index contributed by atoms with van der Waals surface area (Å²) in [4.78, 5) is 23.4. The number of carbonyl (C=O) groups is 2. The van der Waals surface area contributed by atoms with Crippen LogP contribution in [-0.2, 0) is 4.79 Å². The molecule has 0 fully saturated rings. The molecule has 0 aliphatic rings. The van der Waals surface area contributed by atoms with Crippen molar-refractivity contribution in [3.8, 4) is 0 Å². The zero-order chi connectivity index (χ0) is 16.2. The molecule has 1 aromatic rings. The van der Waals surface area contributed by atoms with E-state index in [0.717, 1.165) is 30.2 Å². The van der Waals surface area contributed by atoms with Crippen LogP contribution in [0, 0.1) is 0 Å². The number of hydrogen-bond donors (Lipinski definition) is 3. The van der Waals surface area contributed by atoms with Crippen molar-refractivity contribution in [3.63, 3.8) is 0 Å². The first-order chi connectivity index (χ1) is 10.6. The van der Waals surface area contributed by atoms with Crippen molar-refractivity contribution in [1.82, 2.24) is 10.6 Å². The van der Waals surface area contributed by atoms with Gasteiger partial charge in [-0.2, -0.15) is 0 Å². The summed E-state index contributed by atoms with van der Waals surface area (Å²) >= 11 is 3.32. The summed E-state index contributed by atoms with van der Waals surface area (Å²) in [6.07, 6.45) is 4.55. The van der Waals surface area contributed by atoms with Crippen molar-refractivity contribution in [1.29, 1.82) is 0 Å². The van der Waals surface area contributed by atoms with Crippen LogP contribution in [0.25, 0.3) is 0 Å². The SMILES string of the molecule is Cl.NCCCCCCC(=O)NCCNC(=O)c1ccc(Br)cc1. The maximum Gasteiger partial charge on any atom is 0.251 e. The third-order valence-corrected chi connectivity index (χ3v) is 3.73. The standard InChI is InChI=1S/C16H24BrN3O2.ClH/c17-14-8-6-13(7-9-14)16(22)20-12-11-19-15(21)5-3-1-2-4-10-18;/h6-9H,1-5,10-12,18H2,(H,19,21)(H,20,22);1H. The minimum absolute atomic E-state index is 0. The van der Waals surface area contributed by atoms with Crippen LogP contribution in [0.1, 0.15) is 42.5 Å². The molecule has 2 amide bonds. The maximum atomic E-state index is 11.8. The normalized spacial score (nSPS) is 9.83. The topological polar surface area (TPSA) is 84.2 Å². The molecule has 0 unspecified atom stereocenters. The first-order valence-corrected chi connectivity index (χ1v) is 8.43. The van der Waals surface area contributed by atoms with Crippen LogP contribution in [0.4, 0.5) is 0 Å². The van der Waals surface area contributed by atoms with E-state index in [9.17, 15) is 9.59 Å². The molecule has 0 saturated carbocycles. The molecule has 0 spiro atoms. The molecular formula is C16H25BrClN3O2. The van der Waals surface area contributed by atoms with Gasteiger partial charge in [-0.1, -0.05) is 28.8 Å². The number of amides is 2. The fraction of sp³-hybridized carbons (Fsp3) is 0.500. The second kappa shape index (κ2) is 13.3. The molecule has 0 aliphatic carbocycles. The first-order valence-electron chi connectivity index (χ1n) is 7.64. The molecule has 0 aliphatic heterocycles. The van der Waals surface area contributed by atoms with Crippen LogP contribution in [-0.4, -0.2) is 31.4 Å². The summed E-state index contributed by atoms with van der Waals surface area (Å²) in [5, 5.41) is 5.58. The van der Waals surface area contributed by atoms with Gasteiger partial charge in [-0.25, -0.2) is 0 Å². The van der Waals surface area contributed by atoms with Gasteiger partial charge in [0, 0.05) is 29.5 Å². The van der Waals surface area contributed by atoms with Gasteiger partial charge in [0.25, 0.3) is 5.91 Å². The Morgan fingerprint density at radius 2 is 1.57 bits per heavy atom. The number of benzene rings is 1. The van der Waals surface area contributed by atoms with Crippen molar-refractivity contribution in [2.24, 2.45) is 5.73 Å². The van der Waals surface area contributed by atoms with E-state index in [4.69, 9.17) is 5.73 Å². The Morgan fingerprint density at radius 1 is 0.957 bits per heavy atom. The molecule has 130 valence electrons. The molecule has 0 bridgehead atoms. The summed E-state index contributed by atoms with van der Waals surface area (Å²) in [5.41, 5.74) is 6.02. The van der Waals surface area contributed by atoms with Crippen LogP contribution >= 0.6 is 28.3 Å². The Kier molecular flexibility index (Phi) is 12.7. The monoisotopic (exact) mass is 405 g/mol. The van der Waals surface area contributed by atoms with Crippen LogP contribution in [0.2, 0.25) is 0 Å². The van der Waals surface area contributed by atoms with Crippen molar-refractivity contribution in [2.75, 3.05) is 19.6 Å². The highest BCUT2D eigenvalue weighted by molar-refractivity contribution is 9.10. The molecule has 0 atom stereocenters. The highest BCUT2D eigenvalue weighted by atomic mass is 79.9. The van der Waals surface area contributed by atoms with Gasteiger partial charge in [-0.3, -0.25) is 9.59 Å². The van der Waals surface area contributed by atoms with Gasteiger partial charge in [0.2, 0.25) is 5.91 Å². The molecule has 0 aromatic heterocycles. The smallest absolute Gasteiger partial charge is 0.251 e. The van der Waals surface area contributed by atoms with E-state index < -0.39 is 0 Å². The maximum absolute atomic E-state index is 11.8. The largest absolute Gasteiger partial charge is 0.354 e. The summed E-state index contributed by atoms with van der Waals surface area (Å²) in [6.45, 7) is 1.59. The van der Waals surface area contributed by atoms with Crippen LogP contribution in [0.3, 0.4) is 0 Å². The van der Waals surface area contributed by atoms with Gasteiger partial charge >= 0.3 is 0 Å². The fourth-order valence-electron chi connectivity index (χ4n) is 1.95. The summed E-state index contributed by atoms with van der Waals surface area (Å²) < 4.78 is 0.933. The van der Waals surface area contributed by atoms with Crippen molar-refractivity contribution >= 4 is 40.2 Å². The lowest BCUT2D eigenvalue weighted by Gasteiger charge is -2.07. The molecular weight excluding hydrogens is 382 g/mol. The van der Waals surface area contributed by atoms with E-state index >= 15 is 0 Å². The average Bonchev–Trinajstić information content (AvgIpc) is 2.52. The molecule has 0 heterocycles. The van der Waals surface area contributed by atoms with Crippen LogP contribution in [0.5, 0.6) is 0 Å². The Hall–Kier alpha value is -1.11. The molecule has 0 radical (unpaired) electrons. The van der Waals surface area contributed by atoms with Gasteiger partial charge in [0.05, 0.1) is 0 Å². The number of hydrogen-bond acceptors (Lipinski definition) is 3. The Balaban J connectivity index is 0.00000484. The van der Waals surface area contributed by atoms with Gasteiger partial charge in [-0.15, -0.1) is 12.4 Å². The van der Waals surface area contributed by atoms with Crippen molar-refractivity contribution in [2.45, 2.75) is 32.1 Å². The van der Waals surface area contributed by atoms with E-state index in [1.165, 1.54) is 0 Å². The number of carbonyl (C=O) groups excluding carboxylic acids is 2. The van der Waals surface area contributed by atoms with Gasteiger partial charge in [-0.05, 0) is 43.7 Å². The van der Waals surface area contributed by atoms with Crippen molar-refractivity contribution in [3.05, 3.63) is 34.3 Å². The molecule has 5 nitrogen and oxygen atoms in total. The minimum Gasteiger partial charge on any atom is -0.354 e. The molecule has 4 N–H and O–H groups in total. The number of nitrogens with one attached hydrogen (secondary N) is 2. The molecule has 0 saturated heterocycles. The second-order valence-corrected chi connectivity index (χ2v) is 5.98. The zero-order valence-corrected chi connectivity index (χ0v) is 15.5. The quantitative estimate of drug-likeness (QED) is 0.522. The van der Waals surface area contributed by atoms with E-state index in [0.29, 0.717) is 31.6 Å². The number of unbranched alkanes of at least 4 members (excludes halogenated alkanes) is 3. The summed E-state index contributed by atoms with van der Waals surface area (Å²) in [6, 6.07) is 7.14. The number of halogens is 2. The van der Waals surface area contributed by atoms with Gasteiger partial charge < -0.3 is 16.4 Å². The molecule has 1 rings (SSSR count). The molecule has 7 heteroatoms. The molecule has 23 heavy (non-hydrogen) atoms. The van der Waals surface area contributed by atoms with Crippen molar-refractivity contribution < 1.29 is 9.59 Å². The van der Waals surface area contributed by atoms with Crippen LogP contribution < -0.4 is 16.4 Å². The predicted octanol–water partition coefficient (Wildman–Crippen LogP) is 2.63. The van der Waals surface area contributed by atoms with Gasteiger partial charge in [0.15, 0.2) is 0 Å². The molecule has 1 aromatic carbocycles. The lowest BCUT2D eigenvalue weighted by Crippen LogP contribution is -2.34. The number of rotatable bonds is 10. The predicted molar refractivity (Wildman–Crippen MR) is 98.9 cm³/mol. The number of nitrogens with two attached hydrogens (primary N) is 1. The Morgan fingerprint density at radius 3 is 2.22 bits per heavy atom. The summed E-state index contributed by atoms with van der Waals surface area (Å²) in [7, 11) is 0. The lowest BCUT2D eigenvalue weighted by molar-refractivity contribution is -0.121. The third-order valence-electron chi connectivity index (χ3n) is 3.20. The average molecular weight is 407 g/mol. The summed E-state index contributed by atoms with van der Waals surface area (Å²) in [5.74, 6) is -0.103. The van der Waals surface area contributed by atoms with Gasteiger partial charge in [0.1, 0.15) is 0 Å². The minimum atomic E-state index is -0.136. The van der Waals surface area contributed by atoms with E-state index in [2.05, 4.69) is 26.6 Å². The lowest BCUT2D eigenvalue weighted by atomic mass is 10.1. The Labute approximate surface area is 152 Å². The third kappa shape index (κ3) is 10.3. The highest BCUT2D eigenvalue weighted by Crippen LogP contribution is 2.10. The van der Waals surface area contributed by atoms with Crippen LogP contribution in [0.15, 0.2) is 28.7 Å². The zero-order valence-electron chi connectivity index (χ0n) is 13.1. The van der Waals surface area contributed by atoms with E-state index in [1.807, 2.05) is 12.1 Å². The Bertz CT molecular complexity index is 469. The van der Waals surface area contributed by atoms with E-state index in [-0.39, 0.29) is 24.2 Å². The fourth-order valence-corrected chi connectivity index (χ4v) is 2.22. The van der Waals surface area contributed by atoms with E-state index in [1.54, 1.807) is 12.1 Å². The second-order valence-electron chi connectivity index (χ2n) is 5.07. The highest BCUT2D eigenvalue weighted by Gasteiger charge is 2.05.